The van der Waals surface area contributed by atoms with Gasteiger partial charge in [-0.1, -0.05) is 19.9 Å². The number of esters is 1. The van der Waals surface area contributed by atoms with Gasteiger partial charge in [0, 0.05) is 12.2 Å². The van der Waals surface area contributed by atoms with E-state index in [1.165, 1.54) is 0 Å². The minimum atomic E-state index is -0.137. The van der Waals surface area contributed by atoms with Crippen LogP contribution >= 0.6 is 0 Å². The average molecular weight is 287 g/mol. The molecule has 1 aliphatic carbocycles. The lowest BCUT2D eigenvalue weighted by Crippen LogP contribution is -2.29. The molecule has 1 saturated carbocycles. The molecule has 3 rings (SSSR count). The van der Waals surface area contributed by atoms with Crippen molar-refractivity contribution in [2.75, 3.05) is 11.9 Å². The second-order valence-electron chi connectivity index (χ2n) is 6.66. The number of anilines is 1. The zero-order valence-corrected chi connectivity index (χ0v) is 13.0. The first kappa shape index (κ1) is 14.4. The summed E-state index contributed by atoms with van der Waals surface area (Å²) in [6.07, 6.45) is 5.30. The van der Waals surface area contributed by atoms with Gasteiger partial charge in [0.25, 0.3) is 0 Å². The van der Waals surface area contributed by atoms with Crippen LogP contribution < -0.4 is 5.32 Å². The third kappa shape index (κ3) is 3.07. The van der Waals surface area contributed by atoms with Crippen molar-refractivity contribution >= 4 is 11.7 Å². The molecule has 1 aromatic carbocycles. The van der Waals surface area contributed by atoms with Crippen LogP contribution in [0.1, 0.15) is 55.5 Å². The molecule has 1 fully saturated rings. The van der Waals surface area contributed by atoms with Gasteiger partial charge in [-0.2, -0.15) is 0 Å². The Bertz CT molecular complexity index is 526. The Kier molecular flexibility index (Phi) is 4.18. The summed E-state index contributed by atoms with van der Waals surface area (Å²) in [5, 5.41) is 3.37. The van der Waals surface area contributed by atoms with Crippen molar-refractivity contribution in [3.05, 3.63) is 29.3 Å². The van der Waals surface area contributed by atoms with Crippen molar-refractivity contribution < 1.29 is 9.53 Å². The number of hydrogen-bond donors (Lipinski definition) is 1. The Morgan fingerprint density at radius 1 is 1.24 bits per heavy atom. The van der Waals surface area contributed by atoms with Gasteiger partial charge in [0.1, 0.15) is 6.10 Å². The predicted octanol–water partition coefficient (Wildman–Crippen LogP) is 4.03. The highest BCUT2D eigenvalue weighted by Crippen LogP contribution is 2.32. The third-order valence-electron chi connectivity index (χ3n) is 5.14. The van der Waals surface area contributed by atoms with Crippen LogP contribution in [0, 0.1) is 11.8 Å². The van der Waals surface area contributed by atoms with Gasteiger partial charge in [-0.25, -0.2) is 4.79 Å². The van der Waals surface area contributed by atoms with E-state index in [-0.39, 0.29) is 12.1 Å². The molecule has 1 heterocycles. The van der Waals surface area contributed by atoms with E-state index in [9.17, 15) is 4.79 Å². The molecule has 2 aliphatic rings. The fourth-order valence-corrected chi connectivity index (χ4v) is 3.52. The van der Waals surface area contributed by atoms with Crippen LogP contribution in [0.3, 0.4) is 0 Å². The molecule has 0 bridgehead atoms. The van der Waals surface area contributed by atoms with Crippen LogP contribution in [0.2, 0.25) is 0 Å². The molecule has 3 unspecified atom stereocenters. The minimum Gasteiger partial charge on any atom is -0.459 e. The maximum absolute atomic E-state index is 12.5. The zero-order chi connectivity index (χ0) is 14.8. The second kappa shape index (κ2) is 6.08. The molecular weight excluding hydrogens is 262 g/mol. The minimum absolute atomic E-state index is 0.0936. The molecule has 0 amide bonds. The molecule has 0 spiro atoms. The second-order valence-corrected chi connectivity index (χ2v) is 6.66. The SMILES string of the molecule is CC1CCC(OC(=O)c2cccc3c2CCCN3)CC1C. The van der Waals surface area contributed by atoms with E-state index < -0.39 is 0 Å². The first-order valence-electron chi connectivity index (χ1n) is 8.22. The molecule has 0 aromatic heterocycles. The Hall–Kier alpha value is -1.51. The van der Waals surface area contributed by atoms with Crippen molar-refractivity contribution in [3.63, 3.8) is 0 Å². The number of carbonyl (C=O) groups is 1. The fraction of sp³-hybridized carbons (Fsp3) is 0.611. The fourth-order valence-electron chi connectivity index (χ4n) is 3.52. The monoisotopic (exact) mass is 287 g/mol. The Morgan fingerprint density at radius 3 is 2.90 bits per heavy atom. The molecule has 3 heteroatoms. The lowest BCUT2D eigenvalue weighted by Gasteiger charge is -2.32. The number of carbonyl (C=O) groups excluding carboxylic acids is 1. The number of ether oxygens (including phenoxy) is 1. The van der Waals surface area contributed by atoms with Gasteiger partial charge in [-0.3, -0.25) is 0 Å². The number of benzene rings is 1. The summed E-state index contributed by atoms with van der Waals surface area (Å²) in [5.41, 5.74) is 2.98. The van der Waals surface area contributed by atoms with E-state index >= 15 is 0 Å². The molecule has 1 aliphatic heterocycles. The van der Waals surface area contributed by atoms with E-state index in [0.29, 0.717) is 5.92 Å². The average Bonchev–Trinajstić information content (AvgIpc) is 2.50. The molecule has 0 saturated heterocycles. The number of fused-ring (bicyclic) bond motifs is 1. The van der Waals surface area contributed by atoms with E-state index in [0.717, 1.165) is 61.4 Å². The summed E-state index contributed by atoms with van der Waals surface area (Å²) in [5.74, 6) is 1.25. The predicted molar refractivity (Wildman–Crippen MR) is 84.6 cm³/mol. The van der Waals surface area contributed by atoms with Crippen LogP contribution in [0.25, 0.3) is 0 Å². The molecule has 114 valence electrons. The van der Waals surface area contributed by atoms with Gasteiger partial charge in [0.05, 0.1) is 5.56 Å². The standard InChI is InChI=1S/C18H25NO2/c1-12-8-9-14(11-13(12)2)21-18(20)16-5-3-7-17-15(16)6-4-10-19-17/h3,5,7,12-14,19H,4,6,8-11H2,1-2H3. The van der Waals surface area contributed by atoms with Crippen molar-refractivity contribution in [1.29, 1.82) is 0 Å². The Balaban J connectivity index is 1.71. The lowest BCUT2D eigenvalue weighted by atomic mass is 9.80. The topological polar surface area (TPSA) is 38.3 Å². The van der Waals surface area contributed by atoms with Crippen molar-refractivity contribution in [2.45, 2.75) is 52.1 Å². The highest BCUT2D eigenvalue weighted by molar-refractivity contribution is 5.93. The van der Waals surface area contributed by atoms with Crippen LogP contribution in [-0.4, -0.2) is 18.6 Å². The highest BCUT2D eigenvalue weighted by atomic mass is 16.5. The van der Waals surface area contributed by atoms with Gasteiger partial charge < -0.3 is 10.1 Å². The zero-order valence-electron chi connectivity index (χ0n) is 13.0. The van der Waals surface area contributed by atoms with Crippen LogP contribution in [-0.2, 0) is 11.2 Å². The van der Waals surface area contributed by atoms with Crippen LogP contribution in [0.5, 0.6) is 0 Å². The van der Waals surface area contributed by atoms with Gasteiger partial charge in [0.15, 0.2) is 0 Å². The van der Waals surface area contributed by atoms with Gasteiger partial charge in [-0.15, -0.1) is 0 Å². The summed E-state index contributed by atoms with van der Waals surface area (Å²) in [4.78, 5) is 12.5. The first-order chi connectivity index (χ1) is 10.1. The van der Waals surface area contributed by atoms with Crippen molar-refractivity contribution in [1.82, 2.24) is 0 Å². The Labute approximate surface area is 127 Å². The maximum Gasteiger partial charge on any atom is 0.338 e. The van der Waals surface area contributed by atoms with E-state index in [1.54, 1.807) is 0 Å². The molecule has 0 radical (unpaired) electrons. The molecule has 21 heavy (non-hydrogen) atoms. The molecule has 1 aromatic rings. The normalized spacial score (nSPS) is 28.4. The number of nitrogens with one attached hydrogen (secondary N) is 1. The van der Waals surface area contributed by atoms with Gasteiger partial charge >= 0.3 is 5.97 Å². The van der Waals surface area contributed by atoms with Crippen molar-refractivity contribution in [3.8, 4) is 0 Å². The quantitative estimate of drug-likeness (QED) is 0.835. The largest absolute Gasteiger partial charge is 0.459 e. The molecule has 1 N–H and O–H groups in total. The summed E-state index contributed by atoms with van der Waals surface area (Å²) in [6, 6.07) is 5.90. The smallest absolute Gasteiger partial charge is 0.338 e. The summed E-state index contributed by atoms with van der Waals surface area (Å²) in [6.45, 7) is 5.55. The van der Waals surface area contributed by atoms with E-state index in [1.807, 2.05) is 12.1 Å². The first-order valence-corrected chi connectivity index (χ1v) is 8.22. The van der Waals surface area contributed by atoms with Crippen molar-refractivity contribution in [2.24, 2.45) is 11.8 Å². The molecule has 3 atom stereocenters. The maximum atomic E-state index is 12.5. The number of hydrogen-bond acceptors (Lipinski definition) is 3. The van der Waals surface area contributed by atoms with Crippen LogP contribution in [0.15, 0.2) is 18.2 Å². The lowest BCUT2D eigenvalue weighted by molar-refractivity contribution is 0.00868. The van der Waals surface area contributed by atoms with E-state index in [4.69, 9.17) is 4.74 Å². The highest BCUT2D eigenvalue weighted by Gasteiger charge is 2.28. The number of rotatable bonds is 2. The van der Waals surface area contributed by atoms with Gasteiger partial charge in [0.2, 0.25) is 0 Å². The van der Waals surface area contributed by atoms with Crippen LogP contribution in [0.4, 0.5) is 5.69 Å². The van der Waals surface area contributed by atoms with E-state index in [2.05, 4.69) is 25.2 Å². The summed E-state index contributed by atoms with van der Waals surface area (Å²) < 4.78 is 5.80. The van der Waals surface area contributed by atoms with Gasteiger partial charge in [-0.05, 0) is 61.6 Å². The molecule has 3 nitrogen and oxygen atoms in total. The summed E-state index contributed by atoms with van der Waals surface area (Å²) in [7, 11) is 0. The Morgan fingerprint density at radius 2 is 2.10 bits per heavy atom. The third-order valence-corrected chi connectivity index (χ3v) is 5.14. The summed E-state index contributed by atoms with van der Waals surface area (Å²) >= 11 is 0. The molecular formula is C18H25NO2.